The quantitative estimate of drug-likeness (QED) is 0.162. The third kappa shape index (κ3) is 8.82. The first-order valence-corrected chi connectivity index (χ1v) is 17.2. The molecule has 4 heterocycles. The van der Waals surface area contributed by atoms with Crippen molar-refractivity contribution in [3.63, 3.8) is 0 Å². The van der Waals surface area contributed by atoms with Crippen molar-refractivity contribution >= 4 is 113 Å². The minimum absolute atomic E-state index is 0.121. The first-order chi connectivity index (χ1) is 20.1. The Morgan fingerprint density at radius 2 is 1.07 bits per heavy atom. The molecule has 224 valence electrons. The van der Waals surface area contributed by atoms with Crippen molar-refractivity contribution < 1.29 is 19.2 Å². The summed E-state index contributed by atoms with van der Waals surface area (Å²) >= 11 is 15.8. The standard InChI is InChI=1S/C24H28N8O4S6/c1-13-27-29-21(39-13)25-15(33)9-5-3-7-11-31-19(35)17(41-23(31)37)18-20(36)32(24(38)42-18)12-8-4-6-10-16(34)26-22-30-28-14(2)40-22/h3-12H2,1-2H3,(H,25,29,33)(H,26,30,34)/b18-17+. The van der Waals surface area contributed by atoms with Crippen molar-refractivity contribution in [1.29, 1.82) is 0 Å². The Labute approximate surface area is 269 Å². The van der Waals surface area contributed by atoms with E-state index in [0.717, 1.165) is 46.4 Å². The average molecular weight is 685 g/mol. The lowest BCUT2D eigenvalue weighted by atomic mass is 10.2. The maximum atomic E-state index is 13.1. The zero-order chi connectivity index (χ0) is 30.2. The molecule has 42 heavy (non-hydrogen) atoms. The molecular weight excluding hydrogens is 657 g/mol. The molecule has 0 radical (unpaired) electrons. The second-order valence-electron chi connectivity index (χ2n) is 9.28. The molecule has 2 aromatic heterocycles. The van der Waals surface area contributed by atoms with Crippen LogP contribution in [0.25, 0.3) is 0 Å². The minimum atomic E-state index is -0.286. The van der Waals surface area contributed by atoms with Crippen molar-refractivity contribution in [3.05, 3.63) is 19.8 Å². The number of rotatable bonds is 14. The predicted octanol–water partition coefficient (Wildman–Crippen LogP) is 4.64. The highest BCUT2D eigenvalue weighted by atomic mass is 32.2. The normalized spacial score (nSPS) is 17.1. The van der Waals surface area contributed by atoms with Crippen LogP contribution in [0.3, 0.4) is 0 Å². The number of unbranched alkanes of at least 4 members (excludes halogenated alkanes) is 4. The lowest BCUT2D eigenvalue weighted by Gasteiger charge is -2.14. The SMILES string of the molecule is Cc1nnc(NC(=O)CCCCCN2C(=O)/C(=C3\SC(=S)N(CCCCCC(=O)Nc4nnc(C)s4)C3=O)SC2=S)s1. The zero-order valence-corrected chi connectivity index (χ0v) is 27.7. The molecule has 0 aromatic carbocycles. The molecule has 0 spiro atoms. The second-order valence-corrected chi connectivity index (χ2v) is 14.9. The molecule has 0 unspecified atom stereocenters. The third-order valence-electron chi connectivity index (χ3n) is 6.02. The van der Waals surface area contributed by atoms with Gasteiger partial charge in [0.05, 0.1) is 9.81 Å². The van der Waals surface area contributed by atoms with Gasteiger partial charge in [-0.05, 0) is 39.5 Å². The molecule has 4 rings (SSSR count). The number of amides is 4. The molecule has 12 nitrogen and oxygen atoms in total. The largest absolute Gasteiger partial charge is 0.301 e. The van der Waals surface area contributed by atoms with Crippen molar-refractivity contribution in [2.75, 3.05) is 23.7 Å². The average Bonchev–Trinajstić information content (AvgIpc) is 3.68. The summed E-state index contributed by atoms with van der Waals surface area (Å²) in [5.74, 6) is -0.814. The Kier molecular flexibility index (Phi) is 11.9. The lowest BCUT2D eigenvalue weighted by Crippen LogP contribution is -2.31. The predicted molar refractivity (Wildman–Crippen MR) is 174 cm³/mol. The Bertz CT molecular complexity index is 1320. The van der Waals surface area contributed by atoms with Crippen LogP contribution in [0.2, 0.25) is 0 Å². The van der Waals surface area contributed by atoms with Crippen LogP contribution in [0.15, 0.2) is 9.81 Å². The number of thioether (sulfide) groups is 2. The lowest BCUT2D eigenvalue weighted by molar-refractivity contribution is -0.124. The second kappa shape index (κ2) is 15.4. The minimum Gasteiger partial charge on any atom is -0.301 e. The summed E-state index contributed by atoms with van der Waals surface area (Å²) in [6, 6.07) is 0. The summed E-state index contributed by atoms with van der Waals surface area (Å²) in [4.78, 5) is 54.1. The summed E-state index contributed by atoms with van der Waals surface area (Å²) in [6.07, 6.45) is 4.82. The van der Waals surface area contributed by atoms with E-state index in [9.17, 15) is 19.2 Å². The van der Waals surface area contributed by atoms with Gasteiger partial charge in [0.2, 0.25) is 22.1 Å². The van der Waals surface area contributed by atoms with Crippen molar-refractivity contribution in [2.24, 2.45) is 0 Å². The highest BCUT2D eigenvalue weighted by Gasteiger charge is 2.41. The number of aromatic nitrogens is 4. The van der Waals surface area contributed by atoms with E-state index in [0.29, 0.717) is 80.3 Å². The number of thiocarbonyl (C=S) groups is 2. The summed E-state index contributed by atoms with van der Waals surface area (Å²) in [5, 5.41) is 23.5. The van der Waals surface area contributed by atoms with Crippen LogP contribution in [0.5, 0.6) is 0 Å². The fraction of sp³-hybridized carbons (Fsp3) is 0.500. The van der Waals surface area contributed by atoms with E-state index in [1.54, 1.807) is 0 Å². The van der Waals surface area contributed by atoms with Crippen LogP contribution in [-0.2, 0) is 19.2 Å². The number of nitrogens with one attached hydrogen (secondary N) is 2. The highest BCUT2D eigenvalue weighted by molar-refractivity contribution is 8.29. The Morgan fingerprint density at radius 3 is 1.43 bits per heavy atom. The van der Waals surface area contributed by atoms with Gasteiger partial charge in [-0.1, -0.05) is 83.5 Å². The van der Waals surface area contributed by atoms with Gasteiger partial charge < -0.3 is 10.6 Å². The van der Waals surface area contributed by atoms with Crippen LogP contribution in [0, 0.1) is 13.8 Å². The molecule has 0 atom stereocenters. The van der Waals surface area contributed by atoms with Crippen LogP contribution in [-0.4, -0.2) is 75.6 Å². The molecule has 0 saturated carbocycles. The van der Waals surface area contributed by atoms with Gasteiger partial charge in [0.1, 0.15) is 18.7 Å². The number of carbonyl (C=O) groups is 4. The summed E-state index contributed by atoms with van der Waals surface area (Å²) in [6.45, 7) is 4.47. The van der Waals surface area contributed by atoms with E-state index in [1.165, 1.54) is 32.5 Å². The van der Waals surface area contributed by atoms with E-state index >= 15 is 0 Å². The van der Waals surface area contributed by atoms with Gasteiger partial charge in [-0.2, -0.15) is 0 Å². The van der Waals surface area contributed by atoms with E-state index in [1.807, 2.05) is 13.8 Å². The van der Waals surface area contributed by atoms with Gasteiger partial charge in [-0.3, -0.25) is 29.0 Å². The molecule has 18 heteroatoms. The number of hydrogen-bond donors (Lipinski definition) is 2. The summed E-state index contributed by atoms with van der Waals surface area (Å²) < 4.78 is 0.818. The zero-order valence-electron chi connectivity index (χ0n) is 22.8. The topological polar surface area (TPSA) is 150 Å². The van der Waals surface area contributed by atoms with Gasteiger partial charge in [0, 0.05) is 25.9 Å². The smallest absolute Gasteiger partial charge is 0.267 e. The van der Waals surface area contributed by atoms with E-state index in [2.05, 4.69) is 31.0 Å². The summed E-state index contributed by atoms with van der Waals surface area (Å²) in [5.41, 5.74) is 0. The van der Waals surface area contributed by atoms with Gasteiger partial charge in [-0.15, -0.1) is 20.4 Å². The summed E-state index contributed by atoms with van der Waals surface area (Å²) in [7, 11) is 0. The molecular formula is C24H28N8O4S6. The van der Waals surface area contributed by atoms with E-state index in [4.69, 9.17) is 24.4 Å². The first kappa shape index (κ1) is 32.5. The van der Waals surface area contributed by atoms with Crippen molar-refractivity contribution in [1.82, 2.24) is 30.2 Å². The highest BCUT2D eigenvalue weighted by Crippen LogP contribution is 2.42. The number of anilines is 2. The number of hydrogen-bond acceptors (Lipinski definition) is 14. The molecule has 2 aliphatic heterocycles. The number of carbonyl (C=O) groups excluding carboxylic acids is 4. The maximum absolute atomic E-state index is 13.1. The third-order valence-corrected chi connectivity index (χ3v) is 10.6. The van der Waals surface area contributed by atoms with Gasteiger partial charge in [-0.25, -0.2) is 0 Å². The van der Waals surface area contributed by atoms with E-state index in [-0.39, 0.29) is 23.6 Å². The molecule has 0 bridgehead atoms. The van der Waals surface area contributed by atoms with Crippen molar-refractivity contribution in [3.8, 4) is 0 Å². The molecule has 2 aromatic rings. The van der Waals surface area contributed by atoms with E-state index < -0.39 is 0 Å². The monoisotopic (exact) mass is 684 g/mol. The van der Waals surface area contributed by atoms with Gasteiger partial charge >= 0.3 is 0 Å². The molecule has 2 N–H and O–H groups in total. The Balaban J connectivity index is 1.17. The Hall–Kier alpha value is -2.38. The molecule has 0 aliphatic carbocycles. The molecule has 2 aliphatic rings. The van der Waals surface area contributed by atoms with Gasteiger partial charge in [0.25, 0.3) is 11.8 Å². The molecule has 2 fully saturated rings. The molecule has 2 saturated heterocycles. The van der Waals surface area contributed by atoms with Crippen LogP contribution in [0.1, 0.15) is 61.4 Å². The van der Waals surface area contributed by atoms with Crippen LogP contribution in [0.4, 0.5) is 10.3 Å². The fourth-order valence-electron chi connectivity index (χ4n) is 3.98. The van der Waals surface area contributed by atoms with Crippen molar-refractivity contribution in [2.45, 2.75) is 65.2 Å². The van der Waals surface area contributed by atoms with Crippen LogP contribution >= 0.6 is 70.6 Å². The number of aryl methyl sites for hydroxylation is 2. The van der Waals surface area contributed by atoms with Crippen LogP contribution < -0.4 is 10.6 Å². The number of nitrogens with zero attached hydrogens (tertiary/aromatic N) is 6. The van der Waals surface area contributed by atoms with Gasteiger partial charge in [0.15, 0.2) is 0 Å². The maximum Gasteiger partial charge on any atom is 0.267 e. The fourth-order valence-corrected chi connectivity index (χ4v) is 7.97. The first-order valence-electron chi connectivity index (χ1n) is 13.1. The molecule has 4 amide bonds. The Morgan fingerprint density at radius 1 is 0.667 bits per heavy atom.